The van der Waals surface area contributed by atoms with E-state index in [-0.39, 0.29) is 5.78 Å². The van der Waals surface area contributed by atoms with E-state index < -0.39 is 5.41 Å². The van der Waals surface area contributed by atoms with E-state index in [4.69, 9.17) is 10.2 Å². The van der Waals surface area contributed by atoms with Gasteiger partial charge in [0, 0.05) is 11.0 Å². The molecule has 0 radical (unpaired) electrons. The van der Waals surface area contributed by atoms with Crippen molar-refractivity contribution in [2.75, 3.05) is 6.54 Å². The predicted octanol–water partition coefficient (Wildman–Crippen LogP) is 2.39. The first-order valence-electron chi connectivity index (χ1n) is 5.63. The normalized spacial score (nSPS) is 11.9. The standard InChI is InChI=1S/C13H16N2O2/c1-13(2,5-6-14)12(16)9-3-4-10-11(7-9)17-8-15-10/h3-4,7-8H,5-6,14H2,1-2H3. The molecule has 1 aromatic heterocycles. The van der Waals surface area contributed by atoms with E-state index in [1.807, 2.05) is 13.8 Å². The molecule has 90 valence electrons. The Morgan fingerprint density at radius 1 is 1.47 bits per heavy atom. The lowest BCUT2D eigenvalue weighted by Crippen LogP contribution is -2.27. The van der Waals surface area contributed by atoms with Crippen LogP contribution < -0.4 is 5.73 Å². The number of hydrogen-bond acceptors (Lipinski definition) is 4. The smallest absolute Gasteiger partial charge is 0.181 e. The quantitative estimate of drug-likeness (QED) is 0.822. The minimum atomic E-state index is -0.442. The van der Waals surface area contributed by atoms with Crippen LogP contribution in [0.25, 0.3) is 11.1 Å². The molecule has 2 aromatic rings. The van der Waals surface area contributed by atoms with Gasteiger partial charge in [0.15, 0.2) is 17.8 Å². The second-order valence-corrected chi connectivity index (χ2v) is 4.79. The molecule has 0 saturated heterocycles. The zero-order valence-electron chi connectivity index (χ0n) is 10.1. The van der Waals surface area contributed by atoms with E-state index in [9.17, 15) is 4.79 Å². The number of fused-ring (bicyclic) bond motifs is 1. The molecular weight excluding hydrogens is 216 g/mol. The number of aromatic nitrogens is 1. The Kier molecular flexibility index (Phi) is 2.98. The van der Waals surface area contributed by atoms with Crippen LogP contribution in [0.15, 0.2) is 29.0 Å². The molecule has 0 spiro atoms. The predicted molar refractivity (Wildman–Crippen MR) is 65.8 cm³/mol. The van der Waals surface area contributed by atoms with Crippen molar-refractivity contribution in [3.63, 3.8) is 0 Å². The zero-order valence-corrected chi connectivity index (χ0v) is 10.1. The molecule has 2 N–H and O–H groups in total. The van der Waals surface area contributed by atoms with Crippen LogP contribution >= 0.6 is 0 Å². The maximum Gasteiger partial charge on any atom is 0.181 e. The van der Waals surface area contributed by atoms with Crippen LogP contribution in [0.1, 0.15) is 30.6 Å². The Balaban J connectivity index is 2.35. The maximum atomic E-state index is 12.3. The molecule has 0 fully saturated rings. The Bertz CT molecular complexity index is 543. The molecule has 0 unspecified atom stereocenters. The molecule has 0 saturated carbocycles. The van der Waals surface area contributed by atoms with Crippen molar-refractivity contribution < 1.29 is 9.21 Å². The number of Topliss-reactive ketones (excluding diaryl/α,β-unsaturated/α-hetero) is 1. The van der Waals surface area contributed by atoms with Gasteiger partial charge in [0.05, 0.1) is 0 Å². The van der Waals surface area contributed by atoms with Crippen molar-refractivity contribution in [3.8, 4) is 0 Å². The largest absolute Gasteiger partial charge is 0.443 e. The molecule has 4 nitrogen and oxygen atoms in total. The topological polar surface area (TPSA) is 69.1 Å². The summed E-state index contributed by atoms with van der Waals surface area (Å²) in [4.78, 5) is 16.3. The number of nitrogens with two attached hydrogens (primary N) is 1. The molecule has 0 bridgehead atoms. The third-order valence-electron chi connectivity index (χ3n) is 2.98. The van der Waals surface area contributed by atoms with Gasteiger partial charge >= 0.3 is 0 Å². The summed E-state index contributed by atoms with van der Waals surface area (Å²) in [5, 5.41) is 0. The molecule has 1 heterocycles. The van der Waals surface area contributed by atoms with E-state index in [0.717, 1.165) is 5.52 Å². The van der Waals surface area contributed by atoms with Gasteiger partial charge in [0.25, 0.3) is 0 Å². The Morgan fingerprint density at radius 3 is 2.94 bits per heavy atom. The minimum Gasteiger partial charge on any atom is -0.443 e. The number of carbonyl (C=O) groups is 1. The van der Waals surface area contributed by atoms with E-state index in [0.29, 0.717) is 24.1 Å². The van der Waals surface area contributed by atoms with Gasteiger partial charge in [-0.15, -0.1) is 0 Å². The van der Waals surface area contributed by atoms with Gasteiger partial charge < -0.3 is 10.2 Å². The highest BCUT2D eigenvalue weighted by molar-refractivity contribution is 6.02. The fourth-order valence-corrected chi connectivity index (χ4v) is 1.86. The highest BCUT2D eigenvalue weighted by Crippen LogP contribution is 2.26. The molecular formula is C13H16N2O2. The third kappa shape index (κ3) is 2.22. The van der Waals surface area contributed by atoms with Crippen LogP contribution in [-0.2, 0) is 0 Å². The molecule has 0 aliphatic carbocycles. The first kappa shape index (κ1) is 11.8. The summed E-state index contributed by atoms with van der Waals surface area (Å²) in [7, 11) is 0. The number of carbonyl (C=O) groups excluding carboxylic acids is 1. The van der Waals surface area contributed by atoms with E-state index in [2.05, 4.69) is 4.98 Å². The van der Waals surface area contributed by atoms with Gasteiger partial charge in [0.2, 0.25) is 0 Å². The monoisotopic (exact) mass is 232 g/mol. The molecule has 0 aliphatic heterocycles. The SMILES string of the molecule is CC(C)(CCN)C(=O)c1ccc2ncoc2c1. The van der Waals surface area contributed by atoms with Crippen LogP contribution in [0.5, 0.6) is 0 Å². The molecule has 1 aromatic carbocycles. The molecule has 0 atom stereocenters. The number of oxazole rings is 1. The van der Waals surface area contributed by atoms with Crippen LogP contribution in [0.4, 0.5) is 0 Å². The van der Waals surface area contributed by atoms with Crippen LogP contribution in [0.3, 0.4) is 0 Å². The van der Waals surface area contributed by atoms with Gasteiger partial charge in [-0.1, -0.05) is 13.8 Å². The Morgan fingerprint density at radius 2 is 2.24 bits per heavy atom. The van der Waals surface area contributed by atoms with Crippen molar-refractivity contribution in [2.45, 2.75) is 20.3 Å². The van der Waals surface area contributed by atoms with Crippen molar-refractivity contribution in [1.82, 2.24) is 4.98 Å². The highest BCUT2D eigenvalue weighted by atomic mass is 16.3. The van der Waals surface area contributed by atoms with Crippen LogP contribution in [-0.4, -0.2) is 17.3 Å². The van der Waals surface area contributed by atoms with Crippen LogP contribution in [0.2, 0.25) is 0 Å². The van der Waals surface area contributed by atoms with Crippen molar-refractivity contribution >= 4 is 16.9 Å². The summed E-state index contributed by atoms with van der Waals surface area (Å²) >= 11 is 0. The summed E-state index contributed by atoms with van der Waals surface area (Å²) < 4.78 is 5.19. The third-order valence-corrected chi connectivity index (χ3v) is 2.98. The summed E-state index contributed by atoms with van der Waals surface area (Å²) in [6.45, 7) is 4.32. The summed E-state index contributed by atoms with van der Waals surface area (Å²) in [5.41, 5.74) is 7.13. The Labute approximate surface area is 99.8 Å². The Hall–Kier alpha value is -1.68. The van der Waals surface area contributed by atoms with Gasteiger partial charge in [0.1, 0.15) is 5.52 Å². The molecule has 17 heavy (non-hydrogen) atoms. The average molecular weight is 232 g/mol. The van der Waals surface area contributed by atoms with Crippen molar-refractivity contribution in [2.24, 2.45) is 11.1 Å². The fraction of sp³-hybridized carbons (Fsp3) is 0.385. The van der Waals surface area contributed by atoms with E-state index in [1.54, 1.807) is 18.2 Å². The van der Waals surface area contributed by atoms with E-state index in [1.165, 1.54) is 6.39 Å². The molecule has 2 rings (SSSR count). The zero-order chi connectivity index (χ0) is 12.5. The summed E-state index contributed by atoms with van der Waals surface area (Å²) in [6.07, 6.45) is 2.05. The second kappa shape index (κ2) is 4.30. The molecule has 4 heteroatoms. The van der Waals surface area contributed by atoms with Gasteiger partial charge in [-0.2, -0.15) is 0 Å². The summed E-state index contributed by atoms with van der Waals surface area (Å²) in [6, 6.07) is 5.32. The van der Waals surface area contributed by atoms with E-state index >= 15 is 0 Å². The number of nitrogens with zero attached hydrogens (tertiary/aromatic N) is 1. The number of benzene rings is 1. The second-order valence-electron chi connectivity index (χ2n) is 4.79. The van der Waals surface area contributed by atoms with Crippen molar-refractivity contribution in [3.05, 3.63) is 30.2 Å². The lowest BCUT2D eigenvalue weighted by Gasteiger charge is -2.22. The average Bonchev–Trinajstić information content (AvgIpc) is 2.74. The number of rotatable bonds is 4. The first-order valence-corrected chi connectivity index (χ1v) is 5.63. The number of hydrogen-bond donors (Lipinski definition) is 1. The van der Waals surface area contributed by atoms with Crippen molar-refractivity contribution in [1.29, 1.82) is 0 Å². The first-order chi connectivity index (χ1) is 8.04. The lowest BCUT2D eigenvalue weighted by molar-refractivity contribution is 0.0829. The summed E-state index contributed by atoms with van der Waals surface area (Å²) in [5.74, 6) is 0.0845. The lowest BCUT2D eigenvalue weighted by atomic mass is 9.81. The number of ketones is 1. The van der Waals surface area contributed by atoms with Gasteiger partial charge in [-0.25, -0.2) is 4.98 Å². The minimum absolute atomic E-state index is 0.0845. The fourth-order valence-electron chi connectivity index (χ4n) is 1.86. The molecule has 0 amide bonds. The maximum absolute atomic E-state index is 12.3. The van der Waals surface area contributed by atoms with Gasteiger partial charge in [-0.05, 0) is 31.2 Å². The highest BCUT2D eigenvalue weighted by Gasteiger charge is 2.27. The van der Waals surface area contributed by atoms with Gasteiger partial charge in [-0.3, -0.25) is 4.79 Å². The van der Waals surface area contributed by atoms with Crippen LogP contribution in [0, 0.1) is 5.41 Å². The molecule has 0 aliphatic rings.